The first kappa shape index (κ1) is 18.1. The van der Waals surface area contributed by atoms with Crippen molar-refractivity contribution in [1.29, 1.82) is 0 Å². The highest BCUT2D eigenvalue weighted by atomic mass is 35.5. The molecule has 27 heavy (non-hydrogen) atoms. The summed E-state index contributed by atoms with van der Waals surface area (Å²) in [5.74, 6) is 0.0821. The molecule has 2 saturated heterocycles. The van der Waals surface area contributed by atoms with Gasteiger partial charge in [0.2, 0.25) is 5.91 Å². The van der Waals surface area contributed by atoms with Crippen LogP contribution in [0.1, 0.15) is 23.3 Å². The SMILES string of the molecule is Cn1cc(N2CCCC(N3CCN(C(=O)c4cc(Cl)c[nH]4)CC3)C2=O)cn1. The third-order valence-electron chi connectivity index (χ3n) is 5.33. The van der Waals surface area contributed by atoms with Crippen LogP contribution in [0.25, 0.3) is 0 Å². The van der Waals surface area contributed by atoms with Crippen molar-refractivity contribution < 1.29 is 9.59 Å². The van der Waals surface area contributed by atoms with Gasteiger partial charge in [-0.25, -0.2) is 0 Å². The van der Waals surface area contributed by atoms with Crippen LogP contribution in [-0.4, -0.2) is 75.1 Å². The number of piperazine rings is 1. The molecule has 8 nitrogen and oxygen atoms in total. The highest BCUT2D eigenvalue weighted by molar-refractivity contribution is 6.30. The summed E-state index contributed by atoms with van der Waals surface area (Å²) in [5.41, 5.74) is 1.36. The number of H-pyrrole nitrogens is 1. The number of piperidine rings is 1. The Bertz CT molecular complexity index is 839. The van der Waals surface area contributed by atoms with Crippen LogP contribution in [0.4, 0.5) is 5.69 Å². The number of aryl methyl sites for hydroxylation is 1. The van der Waals surface area contributed by atoms with Crippen molar-refractivity contribution in [2.24, 2.45) is 7.05 Å². The van der Waals surface area contributed by atoms with Crippen molar-refractivity contribution in [3.8, 4) is 0 Å². The quantitative estimate of drug-likeness (QED) is 0.858. The van der Waals surface area contributed by atoms with Gasteiger partial charge < -0.3 is 14.8 Å². The lowest BCUT2D eigenvalue weighted by atomic mass is 10.0. The molecule has 2 aliphatic heterocycles. The van der Waals surface area contributed by atoms with E-state index in [0.29, 0.717) is 36.9 Å². The molecule has 1 N–H and O–H groups in total. The van der Waals surface area contributed by atoms with E-state index in [1.165, 1.54) is 0 Å². The normalized spacial score (nSPS) is 21.7. The van der Waals surface area contributed by atoms with Gasteiger partial charge in [0.15, 0.2) is 0 Å². The highest BCUT2D eigenvalue weighted by Gasteiger charge is 2.36. The number of rotatable bonds is 3. The van der Waals surface area contributed by atoms with Crippen LogP contribution in [0.3, 0.4) is 0 Å². The highest BCUT2D eigenvalue weighted by Crippen LogP contribution is 2.24. The van der Waals surface area contributed by atoms with Gasteiger partial charge in [0.1, 0.15) is 5.69 Å². The van der Waals surface area contributed by atoms with Crippen LogP contribution in [0, 0.1) is 0 Å². The molecule has 144 valence electrons. The molecule has 4 heterocycles. The number of nitrogens with one attached hydrogen (secondary N) is 1. The molecule has 0 spiro atoms. The number of halogens is 1. The minimum atomic E-state index is -0.129. The number of anilines is 1. The fraction of sp³-hybridized carbons (Fsp3) is 0.500. The third kappa shape index (κ3) is 3.59. The summed E-state index contributed by atoms with van der Waals surface area (Å²) in [5, 5.41) is 4.70. The van der Waals surface area contributed by atoms with Crippen LogP contribution in [0.2, 0.25) is 5.02 Å². The summed E-state index contributed by atoms with van der Waals surface area (Å²) in [4.78, 5) is 34.3. The number of hydrogen-bond acceptors (Lipinski definition) is 4. The lowest BCUT2D eigenvalue weighted by Crippen LogP contribution is -2.58. The monoisotopic (exact) mass is 390 g/mol. The Hall–Kier alpha value is -2.32. The summed E-state index contributed by atoms with van der Waals surface area (Å²) >= 11 is 5.89. The van der Waals surface area contributed by atoms with Crippen LogP contribution in [0.5, 0.6) is 0 Å². The largest absolute Gasteiger partial charge is 0.356 e. The Morgan fingerprint density at radius 3 is 2.67 bits per heavy atom. The van der Waals surface area contributed by atoms with E-state index in [-0.39, 0.29) is 17.9 Å². The van der Waals surface area contributed by atoms with Crippen molar-refractivity contribution in [3.63, 3.8) is 0 Å². The predicted octanol–water partition coefficient (Wildman–Crippen LogP) is 1.35. The second-order valence-corrected chi connectivity index (χ2v) is 7.52. The standard InChI is InChI=1S/C18H23ClN6O2/c1-22-12-14(11-21-22)25-4-2-3-16(18(25)27)23-5-7-24(8-6-23)17(26)15-9-13(19)10-20-15/h9-12,16,20H,2-8H2,1H3. The Kier molecular flexibility index (Phi) is 4.92. The van der Waals surface area contributed by atoms with E-state index in [2.05, 4.69) is 15.0 Å². The van der Waals surface area contributed by atoms with E-state index in [0.717, 1.165) is 25.1 Å². The Balaban J connectivity index is 1.39. The zero-order valence-electron chi connectivity index (χ0n) is 15.3. The molecule has 1 unspecified atom stereocenters. The van der Waals surface area contributed by atoms with Crippen molar-refractivity contribution in [3.05, 3.63) is 35.4 Å². The first-order chi connectivity index (χ1) is 13.0. The zero-order chi connectivity index (χ0) is 19.0. The molecule has 4 rings (SSSR count). The fourth-order valence-corrected chi connectivity index (χ4v) is 4.06. The lowest BCUT2D eigenvalue weighted by molar-refractivity contribution is -0.126. The average Bonchev–Trinajstić information content (AvgIpc) is 3.30. The first-order valence-electron chi connectivity index (χ1n) is 9.20. The Morgan fingerprint density at radius 2 is 2.04 bits per heavy atom. The van der Waals surface area contributed by atoms with Gasteiger partial charge in [0.25, 0.3) is 5.91 Å². The number of aromatic amines is 1. The molecular formula is C18H23ClN6O2. The average molecular weight is 391 g/mol. The number of carbonyl (C=O) groups excluding carboxylic acids is 2. The number of nitrogens with zero attached hydrogens (tertiary/aromatic N) is 5. The van der Waals surface area contributed by atoms with E-state index < -0.39 is 0 Å². The molecular weight excluding hydrogens is 368 g/mol. The zero-order valence-corrected chi connectivity index (χ0v) is 16.0. The molecule has 1 atom stereocenters. The Morgan fingerprint density at radius 1 is 1.26 bits per heavy atom. The lowest BCUT2D eigenvalue weighted by Gasteiger charge is -2.42. The second-order valence-electron chi connectivity index (χ2n) is 7.08. The molecule has 2 aromatic heterocycles. The minimum absolute atomic E-state index is 0.0477. The van der Waals surface area contributed by atoms with Gasteiger partial charge in [-0.15, -0.1) is 0 Å². The van der Waals surface area contributed by atoms with Gasteiger partial charge in [0.05, 0.1) is 22.9 Å². The van der Waals surface area contributed by atoms with Gasteiger partial charge in [-0.2, -0.15) is 5.10 Å². The molecule has 0 radical (unpaired) electrons. The molecule has 0 bridgehead atoms. The molecule has 9 heteroatoms. The van der Waals surface area contributed by atoms with E-state index in [1.54, 1.807) is 23.1 Å². The van der Waals surface area contributed by atoms with Crippen LogP contribution in [-0.2, 0) is 11.8 Å². The van der Waals surface area contributed by atoms with E-state index >= 15 is 0 Å². The molecule has 0 aliphatic carbocycles. The molecule has 2 aliphatic rings. The summed E-state index contributed by atoms with van der Waals surface area (Å²) in [6.07, 6.45) is 7.04. The van der Waals surface area contributed by atoms with Crippen LogP contribution in [0.15, 0.2) is 24.7 Å². The van der Waals surface area contributed by atoms with Gasteiger partial charge >= 0.3 is 0 Å². The summed E-state index contributed by atoms with van der Waals surface area (Å²) < 4.78 is 1.71. The topological polar surface area (TPSA) is 77.5 Å². The van der Waals surface area contributed by atoms with Crippen LogP contribution < -0.4 is 4.90 Å². The van der Waals surface area contributed by atoms with Gasteiger partial charge in [-0.1, -0.05) is 11.6 Å². The third-order valence-corrected chi connectivity index (χ3v) is 5.55. The molecule has 2 fully saturated rings. The number of hydrogen-bond donors (Lipinski definition) is 1. The number of amides is 2. The van der Waals surface area contributed by atoms with Crippen molar-refractivity contribution in [2.45, 2.75) is 18.9 Å². The van der Waals surface area contributed by atoms with Gasteiger partial charge in [-0.05, 0) is 18.9 Å². The summed E-state index contributed by atoms with van der Waals surface area (Å²) in [6.45, 7) is 3.32. The smallest absolute Gasteiger partial charge is 0.270 e. The summed E-state index contributed by atoms with van der Waals surface area (Å²) in [7, 11) is 1.85. The summed E-state index contributed by atoms with van der Waals surface area (Å²) in [6, 6.07) is 1.52. The molecule has 0 aromatic carbocycles. The predicted molar refractivity (Wildman–Crippen MR) is 102 cm³/mol. The minimum Gasteiger partial charge on any atom is -0.356 e. The molecule has 0 saturated carbocycles. The van der Waals surface area contributed by atoms with E-state index in [1.807, 2.05) is 23.0 Å². The number of aromatic nitrogens is 3. The number of carbonyl (C=O) groups is 2. The van der Waals surface area contributed by atoms with Crippen molar-refractivity contribution in [1.82, 2.24) is 24.6 Å². The Labute approximate surface area is 162 Å². The van der Waals surface area contributed by atoms with Crippen molar-refractivity contribution in [2.75, 3.05) is 37.6 Å². The first-order valence-corrected chi connectivity index (χ1v) is 9.58. The van der Waals surface area contributed by atoms with Gasteiger partial charge in [-0.3, -0.25) is 19.2 Å². The maximum absolute atomic E-state index is 13.0. The van der Waals surface area contributed by atoms with Crippen molar-refractivity contribution >= 4 is 29.1 Å². The second kappa shape index (κ2) is 7.36. The molecule has 2 amide bonds. The van der Waals surface area contributed by atoms with E-state index in [4.69, 9.17) is 11.6 Å². The fourth-order valence-electron chi connectivity index (χ4n) is 3.90. The van der Waals surface area contributed by atoms with Crippen LogP contribution >= 0.6 is 11.6 Å². The maximum atomic E-state index is 13.0. The molecule has 2 aromatic rings. The maximum Gasteiger partial charge on any atom is 0.270 e. The van der Waals surface area contributed by atoms with E-state index in [9.17, 15) is 9.59 Å². The van der Waals surface area contributed by atoms with Gasteiger partial charge in [0, 0.05) is 52.2 Å².